The minimum atomic E-state index is 0.232. The van der Waals surface area contributed by atoms with Gasteiger partial charge in [-0.25, -0.2) is 0 Å². The van der Waals surface area contributed by atoms with Crippen molar-refractivity contribution in [1.29, 1.82) is 0 Å². The molecule has 1 aromatic carbocycles. The molecule has 13 heavy (non-hydrogen) atoms. The molecule has 0 amide bonds. The third-order valence-corrected chi connectivity index (χ3v) is 2.05. The lowest BCUT2D eigenvalue weighted by Crippen LogP contribution is -1.79. The fourth-order valence-electron chi connectivity index (χ4n) is 0.896. The summed E-state index contributed by atoms with van der Waals surface area (Å²) in [5.74, 6) is 1.64. The number of aromatic hydroxyl groups is 1. The van der Waals surface area contributed by atoms with E-state index in [1.165, 1.54) is 11.5 Å². The molecule has 0 bridgehead atoms. The number of phenols is 1. The van der Waals surface area contributed by atoms with Crippen LogP contribution in [0.25, 0.3) is 0 Å². The Morgan fingerprint density at radius 1 is 1.15 bits per heavy atom. The van der Waals surface area contributed by atoms with E-state index in [4.69, 9.17) is 9.84 Å². The molecule has 0 spiro atoms. The van der Waals surface area contributed by atoms with E-state index < -0.39 is 0 Å². The third kappa shape index (κ3) is 1.97. The Hall–Kier alpha value is -1.55. The molecule has 0 saturated carbocycles. The Labute approximate surface area is 79.4 Å². The lowest BCUT2D eigenvalue weighted by molar-refractivity contribution is 0.465. The van der Waals surface area contributed by atoms with Gasteiger partial charge in [-0.3, -0.25) is 0 Å². The van der Waals surface area contributed by atoms with Gasteiger partial charge in [-0.05, 0) is 35.8 Å². The third-order valence-electron chi connectivity index (χ3n) is 1.48. The van der Waals surface area contributed by atoms with Crippen LogP contribution in [0.5, 0.6) is 17.2 Å². The summed E-state index contributed by atoms with van der Waals surface area (Å²) in [6.45, 7) is 0. The Bertz CT molecular complexity index is 369. The van der Waals surface area contributed by atoms with Gasteiger partial charge in [0.1, 0.15) is 11.5 Å². The molecule has 0 aliphatic carbocycles. The second-order valence-electron chi connectivity index (χ2n) is 2.46. The highest BCUT2D eigenvalue weighted by molar-refractivity contribution is 7.03. The normalized spacial score (nSPS) is 9.85. The summed E-state index contributed by atoms with van der Waals surface area (Å²) < 4.78 is 9.31. The first-order valence-electron chi connectivity index (χ1n) is 3.71. The Kier molecular flexibility index (Phi) is 2.14. The van der Waals surface area contributed by atoms with E-state index in [-0.39, 0.29) is 5.75 Å². The van der Waals surface area contributed by atoms with Crippen molar-refractivity contribution in [2.24, 2.45) is 0 Å². The number of ether oxygens (including phenoxy) is 1. The van der Waals surface area contributed by atoms with E-state index in [0.717, 1.165) is 5.75 Å². The molecule has 0 aliphatic rings. The zero-order valence-electron chi connectivity index (χ0n) is 6.68. The van der Waals surface area contributed by atoms with Crippen molar-refractivity contribution in [3.8, 4) is 17.2 Å². The highest BCUT2D eigenvalue weighted by Crippen LogP contribution is 2.23. The molecule has 0 radical (unpaired) electrons. The Morgan fingerprint density at radius 2 is 1.92 bits per heavy atom. The van der Waals surface area contributed by atoms with Crippen LogP contribution < -0.4 is 4.74 Å². The largest absolute Gasteiger partial charge is 0.508 e. The van der Waals surface area contributed by atoms with Crippen LogP contribution in [-0.4, -0.2) is 9.48 Å². The SMILES string of the molecule is Oc1ccc(Oc2cnsc2)cc1. The van der Waals surface area contributed by atoms with Crippen LogP contribution in [0.15, 0.2) is 35.8 Å². The van der Waals surface area contributed by atoms with Crippen LogP contribution in [0, 0.1) is 0 Å². The minimum Gasteiger partial charge on any atom is -0.508 e. The van der Waals surface area contributed by atoms with Crippen molar-refractivity contribution in [2.45, 2.75) is 0 Å². The molecule has 2 aromatic rings. The maximum atomic E-state index is 9.02. The van der Waals surface area contributed by atoms with Gasteiger partial charge in [-0.1, -0.05) is 0 Å². The van der Waals surface area contributed by atoms with Gasteiger partial charge >= 0.3 is 0 Å². The number of hydrogen-bond donors (Lipinski definition) is 1. The molecular formula is C9H7NO2S. The van der Waals surface area contributed by atoms with Crippen molar-refractivity contribution in [3.63, 3.8) is 0 Å². The summed E-state index contributed by atoms with van der Waals surface area (Å²) >= 11 is 1.34. The van der Waals surface area contributed by atoms with Gasteiger partial charge in [0.2, 0.25) is 0 Å². The smallest absolute Gasteiger partial charge is 0.158 e. The van der Waals surface area contributed by atoms with Crippen LogP contribution in [-0.2, 0) is 0 Å². The van der Waals surface area contributed by atoms with Gasteiger partial charge in [-0.15, -0.1) is 0 Å². The summed E-state index contributed by atoms with van der Waals surface area (Å²) in [7, 11) is 0. The molecule has 0 fully saturated rings. The van der Waals surface area contributed by atoms with Gasteiger partial charge < -0.3 is 9.84 Å². The summed E-state index contributed by atoms with van der Waals surface area (Å²) in [5.41, 5.74) is 0. The predicted octanol–water partition coefficient (Wildman–Crippen LogP) is 2.64. The average molecular weight is 193 g/mol. The van der Waals surface area contributed by atoms with Crippen LogP contribution in [0.2, 0.25) is 0 Å². The first-order chi connectivity index (χ1) is 6.34. The lowest BCUT2D eigenvalue weighted by atomic mass is 10.3. The molecule has 0 atom stereocenters. The Balaban J connectivity index is 2.15. The maximum absolute atomic E-state index is 9.02. The molecule has 4 heteroatoms. The van der Waals surface area contributed by atoms with Crippen LogP contribution in [0.1, 0.15) is 0 Å². The van der Waals surface area contributed by atoms with Crippen molar-refractivity contribution in [3.05, 3.63) is 35.8 Å². The second-order valence-corrected chi connectivity index (χ2v) is 3.11. The molecule has 1 heterocycles. The zero-order valence-corrected chi connectivity index (χ0v) is 7.49. The van der Waals surface area contributed by atoms with E-state index in [0.29, 0.717) is 5.75 Å². The summed E-state index contributed by atoms with van der Waals surface area (Å²) in [5, 5.41) is 10.8. The molecule has 66 valence electrons. The maximum Gasteiger partial charge on any atom is 0.158 e. The van der Waals surface area contributed by atoms with E-state index >= 15 is 0 Å². The number of phenolic OH excluding ortho intramolecular Hbond substituents is 1. The standard InChI is InChI=1S/C9H7NO2S/c11-7-1-3-8(4-2-7)12-9-5-10-13-6-9/h1-6,11H. The fraction of sp³-hybridized carbons (Fsp3) is 0. The number of hydrogen-bond acceptors (Lipinski definition) is 4. The topological polar surface area (TPSA) is 42.4 Å². The molecule has 1 N–H and O–H groups in total. The summed E-state index contributed by atoms with van der Waals surface area (Å²) in [6, 6.07) is 6.56. The molecule has 0 saturated heterocycles. The zero-order chi connectivity index (χ0) is 9.10. The first-order valence-corrected chi connectivity index (χ1v) is 4.54. The van der Waals surface area contributed by atoms with Crippen molar-refractivity contribution >= 4 is 11.5 Å². The van der Waals surface area contributed by atoms with Crippen molar-refractivity contribution in [2.75, 3.05) is 0 Å². The molecule has 0 unspecified atom stereocenters. The van der Waals surface area contributed by atoms with Gasteiger partial charge in [0.05, 0.1) is 11.6 Å². The number of nitrogens with zero attached hydrogens (tertiary/aromatic N) is 1. The van der Waals surface area contributed by atoms with Crippen molar-refractivity contribution < 1.29 is 9.84 Å². The van der Waals surface area contributed by atoms with Gasteiger partial charge in [-0.2, -0.15) is 4.37 Å². The van der Waals surface area contributed by atoms with E-state index in [1.807, 2.05) is 5.38 Å². The van der Waals surface area contributed by atoms with E-state index in [9.17, 15) is 0 Å². The molecular weight excluding hydrogens is 186 g/mol. The van der Waals surface area contributed by atoms with Gasteiger partial charge in [0, 0.05) is 0 Å². The second kappa shape index (κ2) is 3.45. The number of rotatable bonds is 2. The quantitative estimate of drug-likeness (QED) is 0.797. The van der Waals surface area contributed by atoms with E-state index in [1.54, 1.807) is 30.5 Å². The van der Waals surface area contributed by atoms with Crippen molar-refractivity contribution in [1.82, 2.24) is 4.37 Å². The molecule has 2 rings (SSSR count). The molecule has 1 aromatic heterocycles. The molecule has 3 nitrogen and oxygen atoms in total. The number of aromatic nitrogens is 1. The van der Waals surface area contributed by atoms with Crippen LogP contribution >= 0.6 is 11.5 Å². The molecule has 0 aliphatic heterocycles. The Morgan fingerprint density at radius 3 is 2.54 bits per heavy atom. The average Bonchev–Trinajstić information content (AvgIpc) is 2.62. The van der Waals surface area contributed by atoms with E-state index in [2.05, 4.69) is 4.37 Å². The highest BCUT2D eigenvalue weighted by atomic mass is 32.1. The van der Waals surface area contributed by atoms with Crippen LogP contribution in [0.4, 0.5) is 0 Å². The highest BCUT2D eigenvalue weighted by Gasteiger charge is 1.97. The monoisotopic (exact) mass is 193 g/mol. The predicted molar refractivity (Wildman–Crippen MR) is 50.3 cm³/mol. The van der Waals surface area contributed by atoms with Gasteiger partial charge in [0.25, 0.3) is 0 Å². The first kappa shape index (κ1) is 8.07. The summed E-state index contributed by atoms with van der Waals surface area (Å²) in [4.78, 5) is 0. The minimum absolute atomic E-state index is 0.232. The van der Waals surface area contributed by atoms with Crippen LogP contribution in [0.3, 0.4) is 0 Å². The lowest BCUT2D eigenvalue weighted by Gasteiger charge is -2.01. The summed E-state index contributed by atoms with van der Waals surface area (Å²) in [6.07, 6.45) is 1.65. The number of benzene rings is 1. The van der Waals surface area contributed by atoms with Gasteiger partial charge in [0.15, 0.2) is 5.75 Å². The fourth-order valence-corrected chi connectivity index (χ4v) is 1.33.